The summed E-state index contributed by atoms with van der Waals surface area (Å²) in [5.41, 5.74) is 6.76. The van der Waals surface area contributed by atoms with Crippen LogP contribution in [-0.2, 0) is 16.1 Å². The normalized spacial score (nSPS) is 12.9. The molecule has 1 aromatic carbocycles. The van der Waals surface area contributed by atoms with Gasteiger partial charge in [0.1, 0.15) is 6.61 Å². The van der Waals surface area contributed by atoms with E-state index in [0.717, 1.165) is 12.8 Å². The number of anilines is 1. The summed E-state index contributed by atoms with van der Waals surface area (Å²) in [4.78, 5) is 0. The first kappa shape index (κ1) is 25.5. The fourth-order valence-corrected chi connectivity index (χ4v) is 3.47. The third kappa shape index (κ3) is 9.70. The number of methoxy groups -OCH3 is 1. The molecule has 0 unspecified atom stereocenters. The number of benzene rings is 1. The number of rotatable bonds is 12. The van der Waals surface area contributed by atoms with E-state index in [0.29, 0.717) is 42.6 Å². The average molecular weight is 412 g/mol. The van der Waals surface area contributed by atoms with Crippen molar-refractivity contribution in [3.05, 3.63) is 17.7 Å². The van der Waals surface area contributed by atoms with Crippen molar-refractivity contribution in [1.82, 2.24) is 0 Å². The summed E-state index contributed by atoms with van der Waals surface area (Å²) < 4.78 is 23.2. The Bertz CT molecular complexity index is 635. The van der Waals surface area contributed by atoms with Crippen molar-refractivity contribution >= 4 is 5.69 Å². The Kier molecular flexibility index (Phi) is 9.25. The van der Waals surface area contributed by atoms with Crippen molar-refractivity contribution in [1.29, 1.82) is 0 Å². The van der Waals surface area contributed by atoms with Gasteiger partial charge >= 0.3 is 0 Å². The number of ether oxygens (including phenoxy) is 4. The molecule has 0 saturated heterocycles. The van der Waals surface area contributed by atoms with Gasteiger partial charge in [-0.2, -0.15) is 0 Å². The largest absolute Gasteiger partial charge is 0.493 e. The van der Waals surface area contributed by atoms with Crippen molar-refractivity contribution in [2.75, 3.05) is 32.7 Å². The summed E-state index contributed by atoms with van der Waals surface area (Å²) >= 11 is 0. The number of hydrogen-bond acceptors (Lipinski definition) is 6. The van der Waals surface area contributed by atoms with Gasteiger partial charge in [0.25, 0.3) is 0 Å². The third-order valence-corrected chi connectivity index (χ3v) is 4.58. The molecule has 0 fully saturated rings. The summed E-state index contributed by atoms with van der Waals surface area (Å²) in [5.74, 6) is 1.08. The van der Waals surface area contributed by atoms with Gasteiger partial charge in [-0.05, 0) is 52.0 Å². The van der Waals surface area contributed by atoms with Crippen LogP contribution in [0.4, 0.5) is 5.69 Å². The first-order valence-electron chi connectivity index (χ1n) is 10.3. The van der Waals surface area contributed by atoms with Crippen molar-refractivity contribution < 1.29 is 24.1 Å². The van der Waals surface area contributed by atoms with E-state index in [1.54, 1.807) is 19.2 Å². The van der Waals surface area contributed by atoms with Gasteiger partial charge in [0, 0.05) is 17.3 Å². The molecule has 29 heavy (non-hydrogen) atoms. The molecule has 0 aliphatic heterocycles. The highest BCUT2D eigenvalue weighted by Gasteiger charge is 2.27. The fraction of sp³-hybridized carbons (Fsp3) is 0.739. The average Bonchev–Trinajstić information content (AvgIpc) is 2.56. The van der Waals surface area contributed by atoms with Gasteiger partial charge in [-0.3, -0.25) is 0 Å². The molecule has 3 N–H and O–H groups in total. The molecule has 1 aromatic rings. The van der Waals surface area contributed by atoms with E-state index >= 15 is 0 Å². The van der Waals surface area contributed by atoms with E-state index in [1.165, 1.54) is 0 Å². The smallest absolute Gasteiger partial charge is 0.163 e. The van der Waals surface area contributed by atoms with Crippen LogP contribution >= 0.6 is 0 Å². The van der Waals surface area contributed by atoms with Crippen molar-refractivity contribution in [2.45, 2.75) is 79.1 Å². The molecule has 168 valence electrons. The molecule has 0 aliphatic carbocycles. The maximum absolute atomic E-state index is 9.30. The zero-order chi connectivity index (χ0) is 22.3. The Hall–Kier alpha value is -1.50. The first-order chi connectivity index (χ1) is 13.3. The summed E-state index contributed by atoms with van der Waals surface area (Å²) in [7, 11) is 1.56. The predicted octanol–water partition coefficient (Wildman–Crippen LogP) is 4.57. The molecule has 0 saturated carbocycles. The Morgan fingerprint density at radius 1 is 0.862 bits per heavy atom. The zero-order valence-corrected chi connectivity index (χ0v) is 19.6. The molecule has 0 aromatic heterocycles. The van der Waals surface area contributed by atoms with Gasteiger partial charge in [0.05, 0.1) is 38.1 Å². The summed E-state index contributed by atoms with van der Waals surface area (Å²) in [6.45, 7) is 16.4. The van der Waals surface area contributed by atoms with E-state index in [4.69, 9.17) is 24.7 Å². The van der Waals surface area contributed by atoms with Crippen LogP contribution in [0, 0.1) is 5.41 Å². The maximum Gasteiger partial charge on any atom is 0.163 e. The first-order valence-corrected chi connectivity index (χ1v) is 10.3. The quantitative estimate of drug-likeness (QED) is 0.387. The highest BCUT2D eigenvalue weighted by Crippen LogP contribution is 2.32. The lowest BCUT2D eigenvalue weighted by Gasteiger charge is -2.34. The minimum atomic E-state index is -0.314. The van der Waals surface area contributed by atoms with Crippen molar-refractivity contribution in [2.24, 2.45) is 5.41 Å². The molecule has 0 spiro atoms. The van der Waals surface area contributed by atoms with E-state index in [-0.39, 0.29) is 23.2 Å². The second-order valence-corrected chi connectivity index (χ2v) is 9.91. The summed E-state index contributed by atoms with van der Waals surface area (Å²) in [5, 5.41) is 9.30. The number of nitrogen functional groups attached to an aromatic ring is 1. The Balaban J connectivity index is 2.44. The lowest BCUT2D eigenvalue weighted by molar-refractivity contribution is -0.0860. The maximum atomic E-state index is 9.30. The molecule has 1 rings (SSSR count). The number of hydrogen-bond donors (Lipinski definition) is 2. The van der Waals surface area contributed by atoms with E-state index in [9.17, 15) is 5.11 Å². The Labute approximate surface area is 176 Å². The monoisotopic (exact) mass is 411 g/mol. The number of nitrogens with two attached hydrogens (primary N) is 1. The van der Waals surface area contributed by atoms with Gasteiger partial charge in [-0.1, -0.05) is 20.8 Å². The second-order valence-electron chi connectivity index (χ2n) is 9.91. The van der Waals surface area contributed by atoms with Gasteiger partial charge < -0.3 is 29.8 Å². The van der Waals surface area contributed by atoms with Crippen LogP contribution in [0.2, 0.25) is 0 Å². The minimum Gasteiger partial charge on any atom is -0.493 e. The summed E-state index contributed by atoms with van der Waals surface area (Å²) in [6.07, 6.45) is 1.79. The fourth-order valence-electron chi connectivity index (χ4n) is 3.47. The van der Waals surface area contributed by atoms with Gasteiger partial charge in [0.15, 0.2) is 11.5 Å². The van der Waals surface area contributed by atoms with Crippen LogP contribution in [0.3, 0.4) is 0 Å². The number of aliphatic hydroxyl groups is 1. The molecule has 0 aliphatic rings. The zero-order valence-electron chi connectivity index (χ0n) is 19.6. The molecule has 0 atom stereocenters. The molecule has 6 heteroatoms. The molecule has 6 nitrogen and oxygen atoms in total. The highest BCUT2D eigenvalue weighted by atomic mass is 16.5. The van der Waals surface area contributed by atoms with Crippen LogP contribution in [-0.4, -0.2) is 43.2 Å². The topological polar surface area (TPSA) is 83.2 Å². The molecule has 0 bridgehead atoms. The van der Waals surface area contributed by atoms with Crippen LogP contribution in [0.25, 0.3) is 0 Å². The highest BCUT2D eigenvalue weighted by molar-refractivity contribution is 5.57. The molecule has 0 radical (unpaired) electrons. The van der Waals surface area contributed by atoms with E-state index < -0.39 is 0 Å². The molecular formula is C23H41NO5. The SMILES string of the molecule is COc1cc(CO)c(N)cc1OCCOC(C)(C)CCOC(C)(C)CC(C)(C)C. The van der Waals surface area contributed by atoms with Gasteiger partial charge in [0.2, 0.25) is 0 Å². The van der Waals surface area contributed by atoms with Gasteiger partial charge in [-0.15, -0.1) is 0 Å². The summed E-state index contributed by atoms with van der Waals surface area (Å²) in [6, 6.07) is 3.35. The standard InChI is InChI=1S/C23H41NO5/c1-21(2,3)16-23(6,7)28-10-9-22(4,5)29-12-11-27-20-14-18(24)17(15-25)13-19(20)26-8/h13-14,25H,9-12,15-16,24H2,1-8H3. The molecule has 0 heterocycles. The third-order valence-electron chi connectivity index (χ3n) is 4.58. The lowest BCUT2D eigenvalue weighted by Crippen LogP contribution is -2.34. The lowest BCUT2D eigenvalue weighted by atomic mass is 9.83. The van der Waals surface area contributed by atoms with E-state index in [1.807, 2.05) is 0 Å². The predicted molar refractivity (Wildman–Crippen MR) is 118 cm³/mol. The minimum absolute atomic E-state index is 0.144. The van der Waals surface area contributed by atoms with E-state index in [2.05, 4.69) is 48.5 Å². The van der Waals surface area contributed by atoms with Crippen LogP contribution in [0.5, 0.6) is 11.5 Å². The van der Waals surface area contributed by atoms with Crippen LogP contribution in [0.15, 0.2) is 12.1 Å². The van der Waals surface area contributed by atoms with Crippen molar-refractivity contribution in [3.8, 4) is 11.5 Å². The second kappa shape index (κ2) is 10.5. The van der Waals surface area contributed by atoms with Crippen molar-refractivity contribution in [3.63, 3.8) is 0 Å². The van der Waals surface area contributed by atoms with Gasteiger partial charge in [-0.25, -0.2) is 0 Å². The number of aliphatic hydroxyl groups excluding tert-OH is 1. The Morgan fingerprint density at radius 2 is 1.48 bits per heavy atom. The van der Waals surface area contributed by atoms with Crippen LogP contribution in [0.1, 0.15) is 66.9 Å². The Morgan fingerprint density at radius 3 is 2.03 bits per heavy atom. The van der Waals surface area contributed by atoms with Crippen LogP contribution < -0.4 is 15.2 Å². The molecule has 0 amide bonds. The molecular weight excluding hydrogens is 370 g/mol.